The first-order chi connectivity index (χ1) is 12.2. The maximum Gasteiger partial charge on any atom is 0.115 e. The Morgan fingerprint density at radius 1 is 0.760 bits per heavy atom. The zero-order valence-electron chi connectivity index (χ0n) is 13.2. The molecule has 0 saturated heterocycles. The molecule has 4 aromatic rings. The fourth-order valence-corrected chi connectivity index (χ4v) is 3.51. The fourth-order valence-electron chi connectivity index (χ4n) is 2.66. The third-order valence-electron chi connectivity index (χ3n) is 3.93. The van der Waals surface area contributed by atoms with Gasteiger partial charge in [0.1, 0.15) is 5.75 Å². The Labute approximate surface area is 155 Å². The summed E-state index contributed by atoms with van der Waals surface area (Å²) >= 11 is 7.71. The topological polar surface area (TPSA) is 33.1 Å². The Morgan fingerprint density at radius 3 is 1.92 bits per heavy atom. The normalized spacial score (nSPS) is 10.8. The largest absolute Gasteiger partial charge is 0.508 e. The number of hydrogen-bond donors (Lipinski definition) is 1. The summed E-state index contributed by atoms with van der Waals surface area (Å²) in [5.41, 5.74) is 4.87. The molecular weight excluding hydrogens is 350 g/mol. The lowest BCUT2D eigenvalue weighted by atomic mass is 10.0. The standard InChI is InChI=1S/C21H14ClNOS/c22-17-7-3-14(4-8-17)19-12-16(21-2-1-11-25-21)13-20(23-19)15-5-9-18(24)10-6-15/h1-13,24H. The van der Waals surface area contributed by atoms with Gasteiger partial charge in [-0.15, -0.1) is 11.3 Å². The van der Waals surface area contributed by atoms with Crippen LogP contribution in [-0.4, -0.2) is 10.1 Å². The molecule has 0 aliphatic heterocycles. The Morgan fingerprint density at radius 2 is 1.36 bits per heavy atom. The lowest BCUT2D eigenvalue weighted by Crippen LogP contribution is -1.90. The highest BCUT2D eigenvalue weighted by Crippen LogP contribution is 2.33. The lowest BCUT2D eigenvalue weighted by molar-refractivity contribution is 0.475. The van der Waals surface area contributed by atoms with E-state index in [1.54, 1.807) is 23.5 Å². The molecule has 122 valence electrons. The highest BCUT2D eigenvalue weighted by atomic mass is 35.5. The van der Waals surface area contributed by atoms with Crippen LogP contribution in [0, 0.1) is 0 Å². The van der Waals surface area contributed by atoms with E-state index in [4.69, 9.17) is 16.6 Å². The molecule has 0 spiro atoms. The second kappa shape index (κ2) is 6.71. The zero-order chi connectivity index (χ0) is 17.2. The minimum absolute atomic E-state index is 0.246. The third kappa shape index (κ3) is 3.43. The van der Waals surface area contributed by atoms with Gasteiger partial charge in [-0.1, -0.05) is 29.8 Å². The van der Waals surface area contributed by atoms with Crippen molar-refractivity contribution < 1.29 is 5.11 Å². The van der Waals surface area contributed by atoms with Crippen molar-refractivity contribution in [3.05, 3.63) is 83.2 Å². The molecule has 0 aliphatic carbocycles. The number of aromatic hydroxyl groups is 1. The molecule has 0 fully saturated rings. The van der Waals surface area contributed by atoms with E-state index in [1.165, 1.54) is 4.88 Å². The van der Waals surface area contributed by atoms with E-state index in [9.17, 15) is 5.11 Å². The number of phenols is 1. The van der Waals surface area contributed by atoms with Crippen LogP contribution in [0.2, 0.25) is 5.02 Å². The Bertz CT molecular complexity index is 930. The van der Waals surface area contributed by atoms with Gasteiger partial charge < -0.3 is 5.11 Å². The monoisotopic (exact) mass is 363 g/mol. The molecule has 0 unspecified atom stereocenters. The van der Waals surface area contributed by atoms with Crippen LogP contribution in [0.3, 0.4) is 0 Å². The van der Waals surface area contributed by atoms with Gasteiger partial charge in [0.05, 0.1) is 11.4 Å². The van der Waals surface area contributed by atoms with Gasteiger partial charge in [0.25, 0.3) is 0 Å². The second-order valence-corrected chi connectivity index (χ2v) is 7.04. The number of rotatable bonds is 3. The first-order valence-electron chi connectivity index (χ1n) is 7.80. The summed E-state index contributed by atoms with van der Waals surface area (Å²) < 4.78 is 0. The molecular formula is C21H14ClNOS. The quantitative estimate of drug-likeness (QED) is 0.450. The van der Waals surface area contributed by atoms with Gasteiger partial charge in [-0.3, -0.25) is 0 Å². The van der Waals surface area contributed by atoms with Crippen molar-refractivity contribution in [1.29, 1.82) is 0 Å². The van der Waals surface area contributed by atoms with E-state index in [0.717, 1.165) is 28.1 Å². The zero-order valence-corrected chi connectivity index (χ0v) is 14.8. The van der Waals surface area contributed by atoms with E-state index in [0.29, 0.717) is 5.02 Å². The summed E-state index contributed by atoms with van der Waals surface area (Å²) in [5, 5.41) is 12.3. The van der Waals surface area contributed by atoms with Gasteiger partial charge in [0, 0.05) is 21.0 Å². The number of aromatic nitrogens is 1. The average Bonchev–Trinajstić information content (AvgIpc) is 3.17. The number of halogens is 1. The van der Waals surface area contributed by atoms with Crippen LogP contribution in [0.1, 0.15) is 0 Å². The van der Waals surface area contributed by atoms with Gasteiger partial charge in [-0.05, 0) is 65.5 Å². The molecule has 25 heavy (non-hydrogen) atoms. The molecule has 2 aromatic heterocycles. The molecule has 0 bridgehead atoms. The van der Waals surface area contributed by atoms with Crippen molar-refractivity contribution in [3.63, 3.8) is 0 Å². The minimum atomic E-state index is 0.246. The number of nitrogens with zero attached hydrogens (tertiary/aromatic N) is 1. The molecule has 0 saturated carbocycles. The van der Waals surface area contributed by atoms with Crippen LogP contribution >= 0.6 is 22.9 Å². The van der Waals surface area contributed by atoms with E-state index in [-0.39, 0.29) is 5.75 Å². The molecule has 0 atom stereocenters. The fraction of sp³-hybridized carbons (Fsp3) is 0. The summed E-state index contributed by atoms with van der Waals surface area (Å²) in [6.45, 7) is 0. The maximum atomic E-state index is 9.54. The lowest BCUT2D eigenvalue weighted by Gasteiger charge is -2.09. The molecule has 4 heteroatoms. The SMILES string of the molecule is Oc1ccc(-c2cc(-c3cccs3)cc(-c3ccc(Cl)cc3)n2)cc1. The molecule has 0 amide bonds. The molecule has 0 radical (unpaired) electrons. The minimum Gasteiger partial charge on any atom is -0.508 e. The predicted molar refractivity (Wildman–Crippen MR) is 105 cm³/mol. The predicted octanol–water partition coefficient (Wildman–Crippen LogP) is 6.50. The van der Waals surface area contributed by atoms with Gasteiger partial charge in [0.15, 0.2) is 0 Å². The summed E-state index contributed by atoms with van der Waals surface area (Å²) in [4.78, 5) is 6.02. The number of pyridine rings is 1. The average molecular weight is 364 g/mol. The van der Waals surface area contributed by atoms with Gasteiger partial charge in [0.2, 0.25) is 0 Å². The van der Waals surface area contributed by atoms with Crippen LogP contribution in [-0.2, 0) is 0 Å². The molecule has 2 heterocycles. The van der Waals surface area contributed by atoms with Crippen LogP contribution in [0.25, 0.3) is 33.0 Å². The summed E-state index contributed by atoms with van der Waals surface area (Å²) in [6, 6.07) is 23.1. The van der Waals surface area contributed by atoms with Gasteiger partial charge in [-0.25, -0.2) is 4.98 Å². The van der Waals surface area contributed by atoms with Gasteiger partial charge >= 0.3 is 0 Å². The summed E-state index contributed by atoms with van der Waals surface area (Å²) in [5.74, 6) is 0.246. The van der Waals surface area contributed by atoms with Crippen LogP contribution in [0.4, 0.5) is 0 Å². The first kappa shape index (κ1) is 15.9. The van der Waals surface area contributed by atoms with Crippen LogP contribution in [0.5, 0.6) is 5.75 Å². The summed E-state index contributed by atoms with van der Waals surface area (Å²) in [7, 11) is 0. The van der Waals surface area contributed by atoms with Crippen molar-refractivity contribution >= 4 is 22.9 Å². The highest BCUT2D eigenvalue weighted by Gasteiger charge is 2.09. The summed E-state index contributed by atoms with van der Waals surface area (Å²) in [6.07, 6.45) is 0. The van der Waals surface area contributed by atoms with Crippen LogP contribution in [0.15, 0.2) is 78.2 Å². The van der Waals surface area contributed by atoms with Crippen molar-refractivity contribution in [2.45, 2.75) is 0 Å². The number of benzene rings is 2. The molecule has 2 nitrogen and oxygen atoms in total. The Balaban J connectivity index is 1.88. The van der Waals surface area contributed by atoms with E-state index < -0.39 is 0 Å². The van der Waals surface area contributed by atoms with E-state index in [1.807, 2.05) is 42.5 Å². The maximum absolute atomic E-state index is 9.54. The van der Waals surface area contributed by atoms with Crippen molar-refractivity contribution in [2.75, 3.05) is 0 Å². The third-order valence-corrected chi connectivity index (χ3v) is 5.11. The number of hydrogen-bond acceptors (Lipinski definition) is 3. The van der Waals surface area contributed by atoms with Crippen molar-refractivity contribution in [3.8, 4) is 38.7 Å². The Kier molecular flexibility index (Phi) is 4.26. The molecule has 2 aromatic carbocycles. The number of thiophene rings is 1. The van der Waals surface area contributed by atoms with Crippen LogP contribution < -0.4 is 0 Å². The van der Waals surface area contributed by atoms with Crippen molar-refractivity contribution in [2.24, 2.45) is 0 Å². The van der Waals surface area contributed by atoms with Gasteiger partial charge in [-0.2, -0.15) is 0 Å². The number of phenolic OH excluding ortho intramolecular Hbond substituents is 1. The molecule has 1 N–H and O–H groups in total. The van der Waals surface area contributed by atoms with E-state index in [2.05, 4.69) is 23.6 Å². The second-order valence-electron chi connectivity index (χ2n) is 5.66. The smallest absolute Gasteiger partial charge is 0.115 e. The molecule has 4 rings (SSSR count). The highest BCUT2D eigenvalue weighted by molar-refractivity contribution is 7.13. The molecule has 0 aliphatic rings. The van der Waals surface area contributed by atoms with Crippen molar-refractivity contribution in [1.82, 2.24) is 4.98 Å². The first-order valence-corrected chi connectivity index (χ1v) is 9.06. The Hall–Kier alpha value is -2.62. The van der Waals surface area contributed by atoms with E-state index >= 15 is 0 Å².